The van der Waals surface area contributed by atoms with Gasteiger partial charge < -0.3 is 9.84 Å². The Morgan fingerprint density at radius 3 is 3.20 bits per heavy atom. The molecule has 78 valence electrons. The minimum atomic E-state index is -0.978. The first kappa shape index (κ1) is 10.0. The van der Waals surface area contributed by atoms with Gasteiger partial charge in [0.1, 0.15) is 22.0 Å². The zero-order valence-corrected chi connectivity index (χ0v) is 8.53. The number of nitrogens with zero attached hydrogens (tertiary/aromatic N) is 2. The van der Waals surface area contributed by atoms with Crippen molar-refractivity contribution < 1.29 is 14.6 Å². The van der Waals surface area contributed by atoms with Crippen molar-refractivity contribution >= 4 is 27.7 Å². The van der Waals surface area contributed by atoms with Gasteiger partial charge in [-0.3, -0.25) is 0 Å². The van der Waals surface area contributed by atoms with Crippen LogP contribution in [0.4, 0.5) is 0 Å². The highest BCUT2D eigenvalue weighted by molar-refractivity contribution is 7.18. The Bertz CT molecular complexity index is 450. The third kappa shape index (κ3) is 2.48. The van der Waals surface area contributed by atoms with Gasteiger partial charge in [-0.2, -0.15) is 0 Å². The van der Waals surface area contributed by atoms with Crippen molar-refractivity contribution in [2.45, 2.75) is 6.61 Å². The quantitative estimate of drug-likeness (QED) is 0.847. The summed E-state index contributed by atoms with van der Waals surface area (Å²) in [6, 6.07) is 3.67. The van der Waals surface area contributed by atoms with Crippen molar-refractivity contribution in [3.8, 4) is 0 Å². The van der Waals surface area contributed by atoms with Gasteiger partial charge in [-0.1, -0.05) is 11.3 Å². The molecule has 0 spiro atoms. The maximum Gasteiger partial charge on any atom is 0.329 e. The van der Waals surface area contributed by atoms with E-state index in [0.29, 0.717) is 0 Å². The number of thiazole rings is 1. The SMILES string of the molecule is O=C(O)COCc1nc2cccnc2s1. The molecule has 2 aromatic heterocycles. The molecule has 5 nitrogen and oxygen atoms in total. The largest absolute Gasteiger partial charge is 0.480 e. The van der Waals surface area contributed by atoms with Crippen LogP contribution in [0.25, 0.3) is 10.3 Å². The second-order valence-electron chi connectivity index (χ2n) is 2.82. The van der Waals surface area contributed by atoms with Gasteiger partial charge in [0.2, 0.25) is 0 Å². The van der Waals surface area contributed by atoms with Crippen molar-refractivity contribution in [1.29, 1.82) is 0 Å². The number of carboxylic acids is 1. The van der Waals surface area contributed by atoms with Crippen LogP contribution in [-0.2, 0) is 16.1 Å². The summed E-state index contributed by atoms with van der Waals surface area (Å²) in [5.74, 6) is -0.978. The summed E-state index contributed by atoms with van der Waals surface area (Å²) in [5, 5.41) is 9.12. The van der Waals surface area contributed by atoms with Crippen LogP contribution < -0.4 is 0 Å². The Hall–Kier alpha value is -1.53. The smallest absolute Gasteiger partial charge is 0.329 e. The van der Waals surface area contributed by atoms with E-state index in [1.807, 2.05) is 12.1 Å². The number of ether oxygens (including phenoxy) is 1. The average molecular weight is 224 g/mol. The van der Waals surface area contributed by atoms with E-state index in [9.17, 15) is 4.79 Å². The van der Waals surface area contributed by atoms with Gasteiger partial charge in [-0.05, 0) is 12.1 Å². The van der Waals surface area contributed by atoms with E-state index in [4.69, 9.17) is 9.84 Å². The fourth-order valence-electron chi connectivity index (χ4n) is 1.10. The van der Waals surface area contributed by atoms with E-state index in [2.05, 4.69) is 9.97 Å². The summed E-state index contributed by atoms with van der Waals surface area (Å²) < 4.78 is 4.93. The molecular weight excluding hydrogens is 216 g/mol. The number of hydrogen-bond acceptors (Lipinski definition) is 5. The van der Waals surface area contributed by atoms with Gasteiger partial charge in [-0.15, -0.1) is 0 Å². The number of hydrogen-bond donors (Lipinski definition) is 1. The molecule has 6 heteroatoms. The molecular formula is C9H8N2O3S. The molecule has 15 heavy (non-hydrogen) atoms. The van der Waals surface area contributed by atoms with E-state index in [1.165, 1.54) is 11.3 Å². The Labute approximate surface area is 89.4 Å². The molecule has 1 N–H and O–H groups in total. The van der Waals surface area contributed by atoms with Crippen molar-refractivity contribution in [3.63, 3.8) is 0 Å². The van der Waals surface area contributed by atoms with Crippen molar-refractivity contribution in [1.82, 2.24) is 9.97 Å². The Kier molecular flexibility index (Phi) is 2.89. The van der Waals surface area contributed by atoms with Crippen LogP contribution in [0.5, 0.6) is 0 Å². The summed E-state index contributed by atoms with van der Waals surface area (Å²) in [6.07, 6.45) is 1.70. The molecule has 0 radical (unpaired) electrons. The number of aliphatic carboxylic acids is 1. The van der Waals surface area contributed by atoms with Crippen LogP contribution in [0.3, 0.4) is 0 Å². The van der Waals surface area contributed by atoms with E-state index < -0.39 is 5.97 Å². The third-order valence-electron chi connectivity index (χ3n) is 1.66. The van der Waals surface area contributed by atoms with Crippen LogP contribution in [0.15, 0.2) is 18.3 Å². The van der Waals surface area contributed by atoms with Gasteiger partial charge in [0, 0.05) is 6.20 Å². The van der Waals surface area contributed by atoms with Gasteiger partial charge in [0.25, 0.3) is 0 Å². The number of aromatic nitrogens is 2. The molecule has 0 unspecified atom stereocenters. The van der Waals surface area contributed by atoms with Gasteiger partial charge >= 0.3 is 5.97 Å². The highest BCUT2D eigenvalue weighted by Crippen LogP contribution is 2.19. The summed E-state index contributed by atoms with van der Waals surface area (Å²) in [6.45, 7) is -0.0866. The first-order valence-corrected chi connectivity index (χ1v) is 5.07. The number of fused-ring (bicyclic) bond motifs is 1. The predicted octanol–water partition coefficient (Wildman–Crippen LogP) is 1.29. The Morgan fingerprint density at radius 2 is 2.47 bits per heavy atom. The predicted molar refractivity (Wildman–Crippen MR) is 54.7 cm³/mol. The fraction of sp³-hybridized carbons (Fsp3) is 0.222. The lowest BCUT2D eigenvalue weighted by atomic mass is 10.5. The molecule has 2 rings (SSSR count). The number of rotatable bonds is 4. The van der Waals surface area contributed by atoms with E-state index >= 15 is 0 Å². The molecule has 0 saturated carbocycles. The minimum Gasteiger partial charge on any atom is -0.480 e. The first-order valence-electron chi connectivity index (χ1n) is 4.25. The van der Waals surface area contributed by atoms with Crippen LogP contribution in [0, 0.1) is 0 Å². The molecule has 0 aliphatic heterocycles. The summed E-state index contributed by atoms with van der Waals surface area (Å²) in [7, 11) is 0. The van der Waals surface area contributed by atoms with Crippen molar-refractivity contribution in [3.05, 3.63) is 23.3 Å². The van der Waals surface area contributed by atoms with Crippen LogP contribution in [0.2, 0.25) is 0 Å². The third-order valence-corrected chi connectivity index (χ3v) is 2.61. The normalized spacial score (nSPS) is 10.7. The molecule has 0 aliphatic rings. The van der Waals surface area contributed by atoms with Gasteiger partial charge in [-0.25, -0.2) is 14.8 Å². The van der Waals surface area contributed by atoms with Crippen LogP contribution in [0.1, 0.15) is 5.01 Å². The van der Waals surface area contributed by atoms with E-state index in [1.54, 1.807) is 6.20 Å². The summed E-state index contributed by atoms with van der Waals surface area (Å²) in [5.41, 5.74) is 0.816. The fourth-order valence-corrected chi connectivity index (χ4v) is 1.94. The molecule has 0 bridgehead atoms. The summed E-state index contributed by atoms with van der Waals surface area (Å²) >= 11 is 1.41. The standard InChI is InChI=1S/C9H8N2O3S/c12-8(13)5-14-4-7-11-6-2-1-3-10-9(6)15-7/h1-3H,4-5H2,(H,12,13). The topological polar surface area (TPSA) is 72.3 Å². The minimum absolute atomic E-state index is 0.216. The number of pyridine rings is 1. The molecule has 2 aromatic rings. The maximum absolute atomic E-state index is 10.2. The van der Waals surface area contributed by atoms with Crippen molar-refractivity contribution in [2.24, 2.45) is 0 Å². The Balaban J connectivity index is 2.05. The molecule has 0 amide bonds. The zero-order chi connectivity index (χ0) is 10.7. The molecule has 0 saturated heterocycles. The first-order chi connectivity index (χ1) is 7.25. The molecule has 0 fully saturated rings. The molecule has 2 heterocycles. The van der Waals surface area contributed by atoms with E-state index in [0.717, 1.165) is 15.4 Å². The van der Waals surface area contributed by atoms with Crippen LogP contribution >= 0.6 is 11.3 Å². The highest BCUT2D eigenvalue weighted by Gasteiger charge is 2.04. The lowest BCUT2D eigenvalue weighted by Crippen LogP contribution is -2.06. The van der Waals surface area contributed by atoms with Crippen LogP contribution in [-0.4, -0.2) is 27.7 Å². The monoisotopic (exact) mass is 224 g/mol. The molecule has 0 atom stereocenters. The lowest BCUT2D eigenvalue weighted by Gasteiger charge is -1.95. The Morgan fingerprint density at radius 1 is 1.60 bits per heavy atom. The second-order valence-corrected chi connectivity index (χ2v) is 3.88. The lowest BCUT2D eigenvalue weighted by molar-refractivity contribution is -0.142. The highest BCUT2D eigenvalue weighted by atomic mass is 32.1. The van der Waals surface area contributed by atoms with Gasteiger partial charge in [0.15, 0.2) is 0 Å². The maximum atomic E-state index is 10.2. The summed E-state index contributed by atoms with van der Waals surface area (Å²) in [4.78, 5) is 19.4. The average Bonchev–Trinajstić information content (AvgIpc) is 2.59. The number of carboxylic acid groups (broad SMARTS) is 1. The molecule has 0 aliphatic carbocycles. The number of carbonyl (C=O) groups is 1. The van der Waals surface area contributed by atoms with Crippen molar-refractivity contribution in [2.75, 3.05) is 6.61 Å². The zero-order valence-electron chi connectivity index (χ0n) is 7.71. The van der Waals surface area contributed by atoms with E-state index in [-0.39, 0.29) is 13.2 Å². The van der Waals surface area contributed by atoms with Gasteiger partial charge in [0.05, 0.1) is 6.61 Å². The second kappa shape index (κ2) is 4.33. The molecule has 0 aromatic carbocycles.